The lowest BCUT2D eigenvalue weighted by Gasteiger charge is -2.39. The first-order valence-electron chi connectivity index (χ1n) is 9.46. The van der Waals surface area contributed by atoms with Crippen LogP contribution in [0.15, 0.2) is 12.4 Å². The largest absolute Gasteiger partial charge is 0.465 e. The number of amides is 1. The average molecular weight is 363 g/mol. The number of carbonyl (C=O) groups is 2. The molecule has 0 spiro atoms. The van der Waals surface area contributed by atoms with Crippen molar-refractivity contribution in [3.8, 4) is 0 Å². The first-order chi connectivity index (χ1) is 12.3. The normalized spacial score (nSPS) is 20.0. The van der Waals surface area contributed by atoms with Gasteiger partial charge in [-0.3, -0.25) is 9.48 Å². The predicted octanol–water partition coefficient (Wildman–Crippen LogP) is 2.89. The summed E-state index contributed by atoms with van der Waals surface area (Å²) in [6.07, 6.45) is 6.36. The predicted molar refractivity (Wildman–Crippen MR) is 95.9 cm³/mol. The van der Waals surface area contributed by atoms with Gasteiger partial charge in [0, 0.05) is 31.4 Å². The number of aromatic nitrogens is 2. The SMILES string of the molecule is CCOC(=O)C1(c2cnn(CC(C)(C)C3CCN(C(=O)O)CC3)c2)CC1. The third-order valence-corrected chi connectivity index (χ3v) is 6.04. The first kappa shape index (κ1) is 18.7. The van der Waals surface area contributed by atoms with Crippen molar-refractivity contribution in [1.82, 2.24) is 14.7 Å². The smallest absolute Gasteiger partial charge is 0.407 e. The van der Waals surface area contributed by atoms with E-state index in [1.807, 2.05) is 17.8 Å². The number of hydrogen-bond donors (Lipinski definition) is 1. The molecule has 1 aliphatic carbocycles. The van der Waals surface area contributed by atoms with E-state index in [0.29, 0.717) is 25.6 Å². The van der Waals surface area contributed by atoms with Crippen LogP contribution in [-0.4, -0.2) is 51.5 Å². The number of rotatable bonds is 6. The second-order valence-electron chi connectivity index (χ2n) is 8.26. The quantitative estimate of drug-likeness (QED) is 0.786. The summed E-state index contributed by atoms with van der Waals surface area (Å²) in [6.45, 7) is 8.61. The third-order valence-electron chi connectivity index (χ3n) is 6.04. The lowest BCUT2D eigenvalue weighted by Crippen LogP contribution is -2.42. The molecule has 3 rings (SSSR count). The molecule has 1 saturated carbocycles. The number of hydrogen-bond acceptors (Lipinski definition) is 4. The maximum Gasteiger partial charge on any atom is 0.407 e. The van der Waals surface area contributed by atoms with Crippen molar-refractivity contribution < 1.29 is 19.4 Å². The molecule has 1 amide bonds. The fourth-order valence-electron chi connectivity index (χ4n) is 4.10. The van der Waals surface area contributed by atoms with Crippen LogP contribution in [0.1, 0.15) is 52.0 Å². The lowest BCUT2D eigenvalue weighted by molar-refractivity contribution is -0.146. The summed E-state index contributed by atoms with van der Waals surface area (Å²) in [6, 6.07) is 0. The van der Waals surface area contributed by atoms with Crippen LogP contribution in [-0.2, 0) is 21.5 Å². The maximum atomic E-state index is 12.2. The molecule has 1 saturated heterocycles. The topological polar surface area (TPSA) is 84.7 Å². The van der Waals surface area contributed by atoms with E-state index in [0.717, 1.165) is 37.8 Å². The Balaban J connectivity index is 1.63. The van der Waals surface area contributed by atoms with Gasteiger partial charge in [0.25, 0.3) is 0 Å². The van der Waals surface area contributed by atoms with Gasteiger partial charge in [-0.25, -0.2) is 4.79 Å². The fourth-order valence-corrected chi connectivity index (χ4v) is 4.10. The molecule has 7 nitrogen and oxygen atoms in total. The van der Waals surface area contributed by atoms with E-state index >= 15 is 0 Å². The summed E-state index contributed by atoms with van der Waals surface area (Å²) in [5, 5.41) is 13.6. The van der Waals surface area contributed by atoms with Crippen LogP contribution < -0.4 is 0 Å². The lowest BCUT2D eigenvalue weighted by atomic mass is 9.73. The zero-order chi connectivity index (χ0) is 18.9. The second-order valence-corrected chi connectivity index (χ2v) is 8.26. The molecule has 0 atom stereocenters. The standard InChI is InChI=1S/C19H29N3O4/c1-4-26-16(23)19(7-8-19)15-11-20-22(12-15)13-18(2,3)14-5-9-21(10-6-14)17(24)25/h11-12,14H,4-10,13H2,1-3H3,(H,24,25). The minimum atomic E-state index is -0.827. The van der Waals surface area contributed by atoms with Crippen molar-refractivity contribution in [3.63, 3.8) is 0 Å². The Morgan fingerprint density at radius 2 is 2.00 bits per heavy atom. The molecule has 1 aliphatic heterocycles. The number of esters is 1. The van der Waals surface area contributed by atoms with Gasteiger partial charge < -0.3 is 14.7 Å². The number of nitrogens with zero attached hydrogens (tertiary/aromatic N) is 3. The van der Waals surface area contributed by atoms with E-state index in [-0.39, 0.29) is 11.4 Å². The summed E-state index contributed by atoms with van der Waals surface area (Å²) < 4.78 is 7.16. The monoisotopic (exact) mass is 363 g/mol. The van der Waals surface area contributed by atoms with Crippen LogP contribution in [0.4, 0.5) is 4.79 Å². The van der Waals surface area contributed by atoms with Crippen LogP contribution in [0.25, 0.3) is 0 Å². The second kappa shape index (κ2) is 6.93. The molecule has 7 heteroatoms. The van der Waals surface area contributed by atoms with Crippen LogP contribution in [0.2, 0.25) is 0 Å². The van der Waals surface area contributed by atoms with Crippen LogP contribution in [0.3, 0.4) is 0 Å². The Kier molecular flexibility index (Phi) is 4.99. The van der Waals surface area contributed by atoms with E-state index in [2.05, 4.69) is 18.9 Å². The Morgan fingerprint density at radius 3 is 2.54 bits per heavy atom. The fraction of sp³-hybridized carbons (Fsp3) is 0.737. The number of likely N-dealkylation sites (tertiary alicyclic amines) is 1. The maximum absolute atomic E-state index is 12.2. The summed E-state index contributed by atoms with van der Waals surface area (Å²) in [7, 11) is 0. The summed E-state index contributed by atoms with van der Waals surface area (Å²) >= 11 is 0. The van der Waals surface area contributed by atoms with E-state index in [1.54, 1.807) is 6.20 Å². The summed E-state index contributed by atoms with van der Waals surface area (Å²) in [5.74, 6) is 0.311. The van der Waals surface area contributed by atoms with E-state index in [4.69, 9.17) is 9.84 Å². The van der Waals surface area contributed by atoms with Gasteiger partial charge in [0.15, 0.2) is 0 Å². The molecule has 0 unspecified atom stereocenters. The highest BCUT2D eigenvalue weighted by Crippen LogP contribution is 2.49. The zero-order valence-electron chi connectivity index (χ0n) is 15.9. The minimum absolute atomic E-state index is 0.00846. The number of piperidine rings is 1. The van der Waals surface area contributed by atoms with Crippen LogP contribution in [0, 0.1) is 11.3 Å². The Hall–Kier alpha value is -2.05. The van der Waals surface area contributed by atoms with Crippen LogP contribution >= 0.6 is 0 Å². The molecule has 0 bridgehead atoms. The molecule has 1 N–H and O–H groups in total. The highest BCUT2D eigenvalue weighted by Gasteiger charge is 2.53. The van der Waals surface area contributed by atoms with Gasteiger partial charge in [-0.15, -0.1) is 0 Å². The third kappa shape index (κ3) is 3.57. The zero-order valence-corrected chi connectivity index (χ0v) is 15.9. The van der Waals surface area contributed by atoms with E-state index < -0.39 is 11.5 Å². The van der Waals surface area contributed by atoms with E-state index in [9.17, 15) is 9.59 Å². The number of carboxylic acid groups (broad SMARTS) is 1. The van der Waals surface area contributed by atoms with Crippen molar-refractivity contribution in [2.75, 3.05) is 19.7 Å². The summed E-state index contributed by atoms with van der Waals surface area (Å²) in [5.41, 5.74) is 0.479. The molecule has 144 valence electrons. The molecular formula is C19H29N3O4. The Bertz CT molecular complexity index is 670. The first-order valence-corrected chi connectivity index (χ1v) is 9.46. The molecule has 26 heavy (non-hydrogen) atoms. The molecule has 2 fully saturated rings. The van der Waals surface area contributed by atoms with Gasteiger partial charge in [0.1, 0.15) is 0 Å². The van der Waals surface area contributed by atoms with Gasteiger partial charge in [-0.1, -0.05) is 13.8 Å². The molecule has 2 aliphatic rings. The van der Waals surface area contributed by atoms with Gasteiger partial charge in [-0.2, -0.15) is 5.10 Å². The molecule has 2 heterocycles. The Labute approximate surface area is 154 Å². The van der Waals surface area contributed by atoms with Gasteiger partial charge in [0.2, 0.25) is 0 Å². The van der Waals surface area contributed by atoms with E-state index in [1.165, 1.54) is 4.90 Å². The van der Waals surface area contributed by atoms with Gasteiger partial charge in [0.05, 0.1) is 18.2 Å². The molecule has 1 aromatic heterocycles. The summed E-state index contributed by atoms with van der Waals surface area (Å²) in [4.78, 5) is 24.8. The molecule has 1 aromatic rings. The van der Waals surface area contributed by atoms with Crippen molar-refractivity contribution in [2.24, 2.45) is 11.3 Å². The molecule has 0 aromatic carbocycles. The minimum Gasteiger partial charge on any atom is -0.465 e. The highest BCUT2D eigenvalue weighted by molar-refractivity contribution is 5.86. The van der Waals surface area contributed by atoms with Gasteiger partial charge in [-0.05, 0) is 43.9 Å². The van der Waals surface area contributed by atoms with Crippen molar-refractivity contribution in [2.45, 2.75) is 58.4 Å². The number of ether oxygens (including phenoxy) is 1. The van der Waals surface area contributed by atoms with Crippen LogP contribution in [0.5, 0.6) is 0 Å². The molecule has 0 radical (unpaired) electrons. The van der Waals surface area contributed by atoms with Crippen molar-refractivity contribution in [1.29, 1.82) is 0 Å². The van der Waals surface area contributed by atoms with Crippen molar-refractivity contribution >= 4 is 12.1 Å². The average Bonchev–Trinajstić information content (AvgIpc) is 3.29. The van der Waals surface area contributed by atoms with Crippen molar-refractivity contribution in [3.05, 3.63) is 18.0 Å². The molecular weight excluding hydrogens is 334 g/mol. The number of carbonyl (C=O) groups excluding carboxylic acids is 1. The Morgan fingerprint density at radius 1 is 1.35 bits per heavy atom. The van der Waals surface area contributed by atoms with Gasteiger partial charge >= 0.3 is 12.1 Å². The highest BCUT2D eigenvalue weighted by atomic mass is 16.5.